The second kappa shape index (κ2) is 7.81. The number of hydrogen-bond acceptors (Lipinski definition) is 3. The van der Waals surface area contributed by atoms with Crippen LogP contribution >= 0.6 is 0 Å². The summed E-state index contributed by atoms with van der Waals surface area (Å²) in [6.45, 7) is 5.71. The smallest absolute Gasteiger partial charge is 0.124 e. The monoisotopic (exact) mass is 285 g/mol. The third-order valence-corrected chi connectivity index (χ3v) is 3.28. The van der Waals surface area contributed by atoms with Gasteiger partial charge in [0.25, 0.3) is 0 Å². The highest BCUT2D eigenvalue weighted by molar-refractivity contribution is 5.38. The molecule has 1 unspecified atom stereocenters. The highest BCUT2D eigenvalue weighted by atomic mass is 16.5. The fourth-order valence-corrected chi connectivity index (χ4v) is 2.14. The Bertz CT molecular complexity index is 552. The minimum Gasteiger partial charge on any atom is -0.494 e. The van der Waals surface area contributed by atoms with Crippen LogP contribution in [0.25, 0.3) is 0 Å². The van der Waals surface area contributed by atoms with Crippen molar-refractivity contribution in [1.82, 2.24) is 0 Å². The van der Waals surface area contributed by atoms with Crippen molar-refractivity contribution < 1.29 is 9.47 Å². The van der Waals surface area contributed by atoms with Gasteiger partial charge in [-0.3, -0.25) is 0 Å². The fourth-order valence-electron chi connectivity index (χ4n) is 2.14. The van der Waals surface area contributed by atoms with Gasteiger partial charge in [0, 0.05) is 11.6 Å². The third-order valence-electron chi connectivity index (χ3n) is 3.28. The molecule has 3 nitrogen and oxygen atoms in total. The molecule has 1 atom stereocenters. The summed E-state index contributed by atoms with van der Waals surface area (Å²) in [6.07, 6.45) is 0. The van der Waals surface area contributed by atoms with Gasteiger partial charge in [-0.05, 0) is 37.1 Å². The van der Waals surface area contributed by atoms with Gasteiger partial charge in [0.1, 0.15) is 5.75 Å². The molecule has 0 fully saturated rings. The Kier molecular flexibility index (Phi) is 5.78. The Morgan fingerprint density at radius 3 is 2.48 bits per heavy atom. The van der Waals surface area contributed by atoms with Gasteiger partial charge in [-0.25, -0.2) is 0 Å². The molecular formula is C18H23NO2. The zero-order valence-corrected chi connectivity index (χ0v) is 12.7. The topological polar surface area (TPSA) is 44.5 Å². The first kappa shape index (κ1) is 15.5. The van der Waals surface area contributed by atoms with Crippen molar-refractivity contribution in [3.8, 4) is 5.75 Å². The Balaban J connectivity index is 2.04. The molecule has 0 spiro atoms. The molecule has 3 heteroatoms. The number of hydrogen-bond donors (Lipinski definition) is 1. The lowest BCUT2D eigenvalue weighted by atomic mass is 10.1. The Hall–Kier alpha value is -1.84. The molecule has 0 bridgehead atoms. The van der Waals surface area contributed by atoms with Crippen LogP contribution in [0.5, 0.6) is 5.75 Å². The molecule has 0 aliphatic rings. The van der Waals surface area contributed by atoms with Gasteiger partial charge in [-0.1, -0.05) is 36.4 Å². The van der Waals surface area contributed by atoms with Gasteiger partial charge in [0.05, 0.1) is 19.8 Å². The Labute approximate surface area is 126 Å². The second-order valence-corrected chi connectivity index (χ2v) is 5.07. The highest BCUT2D eigenvalue weighted by Crippen LogP contribution is 2.24. The van der Waals surface area contributed by atoms with E-state index in [0.717, 1.165) is 16.9 Å². The van der Waals surface area contributed by atoms with Crippen molar-refractivity contribution in [1.29, 1.82) is 0 Å². The van der Waals surface area contributed by atoms with E-state index in [-0.39, 0.29) is 6.04 Å². The van der Waals surface area contributed by atoms with Crippen molar-refractivity contribution in [2.24, 2.45) is 5.73 Å². The van der Waals surface area contributed by atoms with Gasteiger partial charge < -0.3 is 15.2 Å². The lowest BCUT2D eigenvalue weighted by Gasteiger charge is -2.14. The van der Waals surface area contributed by atoms with E-state index in [2.05, 4.69) is 18.2 Å². The summed E-state index contributed by atoms with van der Waals surface area (Å²) in [5.41, 5.74) is 9.25. The van der Waals surface area contributed by atoms with Crippen LogP contribution in [-0.4, -0.2) is 6.61 Å². The SMILES string of the molecule is CCOc1ccc(C(C)N)cc1COCc1ccccc1. The first-order valence-electron chi connectivity index (χ1n) is 7.33. The van der Waals surface area contributed by atoms with E-state index in [9.17, 15) is 0 Å². The normalized spacial score (nSPS) is 12.1. The maximum atomic E-state index is 5.94. The van der Waals surface area contributed by atoms with Crippen molar-refractivity contribution >= 4 is 0 Å². The third kappa shape index (κ3) is 4.59. The summed E-state index contributed by atoms with van der Waals surface area (Å²) >= 11 is 0. The molecule has 0 saturated heterocycles. The van der Waals surface area contributed by atoms with Crippen LogP contribution in [0.3, 0.4) is 0 Å². The molecule has 0 aliphatic carbocycles. The maximum absolute atomic E-state index is 5.94. The second-order valence-electron chi connectivity index (χ2n) is 5.07. The molecule has 0 radical (unpaired) electrons. The van der Waals surface area contributed by atoms with E-state index < -0.39 is 0 Å². The predicted molar refractivity (Wildman–Crippen MR) is 85.1 cm³/mol. The van der Waals surface area contributed by atoms with Crippen LogP contribution in [0.4, 0.5) is 0 Å². The van der Waals surface area contributed by atoms with E-state index in [1.807, 2.05) is 44.2 Å². The number of benzene rings is 2. The molecule has 21 heavy (non-hydrogen) atoms. The minimum atomic E-state index is 0.00792. The first-order valence-corrected chi connectivity index (χ1v) is 7.33. The average Bonchev–Trinajstić information content (AvgIpc) is 2.50. The molecule has 0 aliphatic heterocycles. The van der Waals surface area contributed by atoms with Crippen LogP contribution in [0.15, 0.2) is 48.5 Å². The summed E-state index contributed by atoms with van der Waals surface area (Å²) < 4.78 is 11.5. The number of ether oxygens (including phenoxy) is 2. The van der Waals surface area contributed by atoms with Crippen LogP contribution in [-0.2, 0) is 18.0 Å². The van der Waals surface area contributed by atoms with E-state index >= 15 is 0 Å². The van der Waals surface area contributed by atoms with Gasteiger partial charge in [0.2, 0.25) is 0 Å². The Morgan fingerprint density at radius 2 is 1.81 bits per heavy atom. The molecule has 0 aromatic heterocycles. The van der Waals surface area contributed by atoms with Gasteiger partial charge in [0.15, 0.2) is 0 Å². The largest absolute Gasteiger partial charge is 0.494 e. The molecule has 2 aromatic rings. The van der Waals surface area contributed by atoms with Crippen molar-refractivity contribution in [3.05, 3.63) is 65.2 Å². The van der Waals surface area contributed by atoms with Gasteiger partial charge in [-0.2, -0.15) is 0 Å². The average molecular weight is 285 g/mol. The standard InChI is InChI=1S/C18H23NO2/c1-3-21-18-10-9-16(14(2)19)11-17(18)13-20-12-15-7-5-4-6-8-15/h4-11,14H,3,12-13,19H2,1-2H3. The first-order chi connectivity index (χ1) is 10.2. The van der Waals surface area contributed by atoms with Gasteiger partial charge >= 0.3 is 0 Å². The molecule has 2 aromatic carbocycles. The Morgan fingerprint density at radius 1 is 1.05 bits per heavy atom. The van der Waals surface area contributed by atoms with Crippen molar-refractivity contribution in [3.63, 3.8) is 0 Å². The zero-order valence-electron chi connectivity index (χ0n) is 12.7. The quantitative estimate of drug-likeness (QED) is 0.841. The van der Waals surface area contributed by atoms with Crippen LogP contribution in [0.2, 0.25) is 0 Å². The molecule has 2 rings (SSSR count). The predicted octanol–water partition coefficient (Wildman–Crippen LogP) is 3.82. The number of rotatable bonds is 7. The zero-order chi connectivity index (χ0) is 15.1. The molecule has 2 N–H and O–H groups in total. The summed E-state index contributed by atoms with van der Waals surface area (Å²) in [5, 5.41) is 0. The lowest BCUT2D eigenvalue weighted by molar-refractivity contribution is 0.105. The van der Waals surface area contributed by atoms with Crippen LogP contribution in [0, 0.1) is 0 Å². The lowest BCUT2D eigenvalue weighted by Crippen LogP contribution is -2.07. The minimum absolute atomic E-state index is 0.00792. The van der Waals surface area contributed by atoms with Crippen molar-refractivity contribution in [2.75, 3.05) is 6.61 Å². The number of nitrogens with two attached hydrogens (primary N) is 1. The van der Waals surface area contributed by atoms with E-state index in [0.29, 0.717) is 19.8 Å². The van der Waals surface area contributed by atoms with E-state index in [4.69, 9.17) is 15.2 Å². The molecule has 0 amide bonds. The summed E-state index contributed by atoms with van der Waals surface area (Å²) in [6, 6.07) is 16.2. The summed E-state index contributed by atoms with van der Waals surface area (Å²) in [5.74, 6) is 0.870. The molecule has 0 heterocycles. The van der Waals surface area contributed by atoms with Gasteiger partial charge in [-0.15, -0.1) is 0 Å². The maximum Gasteiger partial charge on any atom is 0.124 e. The van der Waals surface area contributed by atoms with Crippen LogP contribution in [0.1, 0.15) is 36.6 Å². The van der Waals surface area contributed by atoms with Crippen molar-refractivity contribution in [2.45, 2.75) is 33.1 Å². The fraction of sp³-hybridized carbons (Fsp3) is 0.333. The van der Waals surface area contributed by atoms with E-state index in [1.165, 1.54) is 5.56 Å². The molecule has 0 saturated carbocycles. The highest BCUT2D eigenvalue weighted by Gasteiger charge is 2.08. The molecular weight excluding hydrogens is 262 g/mol. The van der Waals surface area contributed by atoms with Crippen LogP contribution < -0.4 is 10.5 Å². The van der Waals surface area contributed by atoms with E-state index in [1.54, 1.807) is 0 Å². The summed E-state index contributed by atoms with van der Waals surface area (Å²) in [4.78, 5) is 0. The summed E-state index contributed by atoms with van der Waals surface area (Å²) in [7, 11) is 0. The molecule has 112 valence electrons.